The third-order valence-electron chi connectivity index (χ3n) is 6.57. The number of amides is 2. The topological polar surface area (TPSA) is 95.6 Å². The van der Waals surface area contributed by atoms with Crippen LogP contribution in [0.4, 0.5) is 5.69 Å². The van der Waals surface area contributed by atoms with Gasteiger partial charge in [-0.15, -0.1) is 11.8 Å². The van der Waals surface area contributed by atoms with Crippen LogP contribution in [0.3, 0.4) is 0 Å². The summed E-state index contributed by atoms with van der Waals surface area (Å²) in [6, 6.07) is 4.74. The molecule has 0 spiro atoms. The number of nitrogens with zero attached hydrogens (tertiary/aromatic N) is 1. The Bertz CT molecular complexity index is 935. The zero-order valence-corrected chi connectivity index (χ0v) is 20.1. The molecule has 32 heavy (non-hydrogen) atoms. The first-order chi connectivity index (χ1) is 15.4. The van der Waals surface area contributed by atoms with Gasteiger partial charge in [-0.2, -0.15) is 0 Å². The summed E-state index contributed by atoms with van der Waals surface area (Å²) in [6.45, 7) is 1.39. The van der Waals surface area contributed by atoms with Crippen LogP contribution in [0, 0.1) is 0 Å². The first-order valence-corrected chi connectivity index (χ1v) is 14.2. The Hall–Kier alpha value is -1.58. The molecule has 4 rings (SSSR count). The number of likely N-dealkylation sites (tertiary alicyclic amines) is 1. The van der Waals surface area contributed by atoms with Gasteiger partial charge in [0.25, 0.3) is 0 Å². The molecule has 2 aliphatic heterocycles. The van der Waals surface area contributed by atoms with Crippen LogP contribution in [-0.2, 0) is 19.6 Å². The predicted molar refractivity (Wildman–Crippen MR) is 126 cm³/mol. The normalized spacial score (nSPS) is 23.4. The molecule has 1 saturated heterocycles. The highest BCUT2D eigenvalue weighted by Crippen LogP contribution is 2.38. The molecule has 3 aliphatic rings. The Morgan fingerprint density at radius 3 is 2.28 bits per heavy atom. The van der Waals surface area contributed by atoms with E-state index in [1.165, 1.54) is 24.2 Å². The number of benzene rings is 1. The van der Waals surface area contributed by atoms with E-state index in [-0.39, 0.29) is 22.8 Å². The summed E-state index contributed by atoms with van der Waals surface area (Å²) >= 11 is 1.22. The zero-order valence-electron chi connectivity index (χ0n) is 18.5. The second-order valence-electron chi connectivity index (χ2n) is 9.05. The van der Waals surface area contributed by atoms with Crippen molar-refractivity contribution < 1.29 is 18.0 Å². The molecule has 2 amide bonds. The second kappa shape index (κ2) is 10.6. The van der Waals surface area contributed by atoms with Gasteiger partial charge in [-0.25, -0.2) is 13.1 Å². The lowest BCUT2D eigenvalue weighted by atomic mass is 9.97. The molecular formula is C23H33N3O4S2. The van der Waals surface area contributed by atoms with Crippen molar-refractivity contribution in [2.75, 3.05) is 18.4 Å². The molecule has 1 aromatic rings. The summed E-state index contributed by atoms with van der Waals surface area (Å²) in [6.07, 6.45) is 11.5. The second-order valence-corrected chi connectivity index (χ2v) is 11.9. The van der Waals surface area contributed by atoms with Crippen LogP contribution in [0.25, 0.3) is 0 Å². The van der Waals surface area contributed by atoms with Crippen molar-refractivity contribution in [2.45, 2.75) is 91.7 Å². The van der Waals surface area contributed by atoms with Crippen LogP contribution in [-0.4, -0.2) is 49.5 Å². The minimum absolute atomic E-state index is 0.0454. The van der Waals surface area contributed by atoms with E-state index in [1.807, 2.05) is 0 Å². The van der Waals surface area contributed by atoms with E-state index >= 15 is 0 Å². The molecule has 0 aromatic heterocycles. The van der Waals surface area contributed by atoms with Gasteiger partial charge >= 0.3 is 0 Å². The zero-order chi connectivity index (χ0) is 22.6. The lowest BCUT2D eigenvalue weighted by molar-refractivity contribution is -0.133. The van der Waals surface area contributed by atoms with E-state index in [0.29, 0.717) is 18.8 Å². The van der Waals surface area contributed by atoms with Crippen LogP contribution >= 0.6 is 11.8 Å². The minimum Gasteiger partial charge on any atom is -0.341 e. The number of hydrogen-bond acceptors (Lipinski definition) is 5. The summed E-state index contributed by atoms with van der Waals surface area (Å²) in [7, 11) is -3.68. The fourth-order valence-corrected chi connectivity index (χ4v) is 7.12. The Morgan fingerprint density at radius 2 is 1.59 bits per heavy atom. The van der Waals surface area contributed by atoms with Gasteiger partial charge in [0, 0.05) is 24.0 Å². The molecular weight excluding hydrogens is 446 g/mol. The van der Waals surface area contributed by atoms with Crippen molar-refractivity contribution >= 4 is 39.3 Å². The molecule has 2 N–H and O–H groups in total. The fourth-order valence-electron chi connectivity index (χ4n) is 4.74. The van der Waals surface area contributed by atoms with Crippen molar-refractivity contribution in [3.05, 3.63) is 18.2 Å². The number of carbonyl (C=O) groups excluding carboxylic acids is 2. The molecule has 1 saturated carbocycles. The van der Waals surface area contributed by atoms with Gasteiger partial charge in [-0.1, -0.05) is 44.9 Å². The van der Waals surface area contributed by atoms with Crippen molar-refractivity contribution in [3.8, 4) is 0 Å². The molecule has 2 fully saturated rings. The van der Waals surface area contributed by atoms with E-state index in [4.69, 9.17) is 0 Å². The summed E-state index contributed by atoms with van der Waals surface area (Å²) in [5.41, 5.74) is 0.459. The monoisotopic (exact) mass is 479 g/mol. The summed E-state index contributed by atoms with van der Waals surface area (Å²) in [4.78, 5) is 28.4. The molecule has 0 bridgehead atoms. The fraction of sp³-hybridized carbons (Fsp3) is 0.652. The molecule has 1 aliphatic carbocycles. The van der Waals surface area contributed by atoms with E-state index in [9.17, 15) is 18.0 Å². The lowest BCUT2D eigenvalue weighted by Crippen LogP contribution is -2.45. The van der Waals surface area contributed by atoms with E-state index in [1.54, 1.807) is 17.0 Å². The maximum Gasteiger partial charge on any atom is 0.247 e. The first-order valence-electron chi connectivity index (χ1n) is 11.9. The van der Waals surface area contributed by atoms with Gasteiger partial charge in [0.1, 0.15) is 0 Å². The number of rotatable bonds is 4. The molecule has 0 unspecified atom stereocenters. The van der Waals surface area contributed by atoms with Crippen LogP contribution in [0.1, 0.15) is 70.6 Å². The number of anilines is 1. The molecule has 1 atom stereocenters. The maximum absolute atomic E-state index is 13.0. The summed E-state index contributed by atoms with van der Waals surface area (Å²) in [5.74, 6) is -0.526. The van der Waals surface area contributed by atoms with Crippen LogP contribution < -0.4 is 10.0 Å². The number of hydrogen-bond donors (Lipinski definition) is 2. The number of carbonyl (C=O) groups is 2. The molecule has 0 radical (unpaired) electrons. The van der Waals surface area contributed by atoms with Crippen LogP contribution in [0.2, 0.25) is 0 Å². The van der Waals surface area contributed by atoms with Gasteiger partial charge in [0.2, 0.25) is 21.8 Å². The van der Waals surface area contributed by atoms with Gasteiger partial charge in [0.05, 0.1) is 10.6 Å². The highest BCUT2D eigenvalue weighted by atomic mass is 32.2. The third kappa shape index (κ3) is 5.66. The van der Waals surface area contributed by atoms with E-state index in [0.717, 1.165) is 69.1 Å². The smallest absolute Gasteiger partial charge is 0.247 e. The van der Waals surface area contributed by atoms with Crippen LogP contribution in [0.5, 0.6) is 0 Å². The summed E-state index contributed by atoms with van der Waals surface area (Å²) < 4.78 is 28.8. The quantitative estimate of drug-likeness (QED) is 0.639. The Labute approximate surface area is 195 Å². The number of thioether (sulfide) groups is 1. The third-order valence-corrected chi connectivity index (χ3v) is 9.35. The Balaban J connectivity index is 1.46. The van der Waals surface area contributed by atoms with Crippen molar-refractivity contribution in [2.24, 2.45) is 0 Å². The lowest BCUT2D eigenvalue weighted by Gasteiger charge is -2.29. The maximum atomic E-state index is 13.0. The molecule has 176 valence electrons. The van der Waals surface area contributed by atoms with E-state index in [2.05, 4.69) is 10.0 Å². The number of fused-ring (bicyclic) bond motifs is 1. The average molecular weight is 480 g/mol. The average Bonchev–Trinajstić information content (AvgIpc) is 3.04. The summed E-state index contributed by atoms with van der Waals surface area (Å²) in [5, 5.41) is 1.96. The molecule has 7 nitrogen and oxygen atoms in total. The predicted octanol–water partition coefficient (Wildman–Crippen LogP) is 3.89. The first kappa shape index (κ1) is 23.6. The largest absolute Gasteiger partial charge is 0.341 e. The highest BCUT2D eigenvalue weighted by Gasteiger charge is 2.36. The molecule has 1 aromatic carbocycles. The van der Waals surface area contributed by atoms with Gasteiger partial charge in [0.15, 0.2) is 5.25 Å². The van der Waals surface area contributed by atoms with Crippen molar-refractivity contribution in [3.63, 3.8) is 0 Å². The molecule has 9 heteroatoms. The Kier molecular flexibility index (Phi) is 7.78. The van der Waals surface area contributed by atoms with Crippen molar-refractivity contribution in [1.82, 2.24) is 9.62 Å². The SMILES string of the molecule is O=C1Nc2cc(S(=O)(=O)NC3CCCCCCC3)ccc2S[C@H]1C(=O)N1CCCCCC1. The minimum atomic E-state index is -3.68. The van der Waals surface area contributed by atoms with E-state index < -0.39 is 15.3 Å². The standard InChI is InChI=1S/C23H33N3O4S2/c27-22-21(23(28)26-14-8-4-5-9-15-26)31-20-13-12-18(16-19(20)24-22)32(29,30)25-17-10-6-2-1-3-7-11-17/h12-13,16-17,21,25H,1-11,14-15H2,(H,24,27)/t21-/m1/s1. The van der Waals surface area contributed by atoms with Crippen LogP contribution in [0.15, 0.2) is 28.0 Å². The van der Waals surface area contributed by atoms with Gasteiger partial charge < -0.3 is 10.2 Å². The Morgan fingerprint density at radius 1 is 0.969 bits per heavy atom. The highest BCUT2D eigenvalue weighted by molar-refractivity contribution is 8.01. The molecule has 2 heterocycles. The number of nitrogens with one attached hydrogen (secondary N) is 2. The van der Waals surface area contributed by atoms with Gasteiger partial charge in [-0.05, 0) is 43.9 Å². The van der Waals surface area contributed by atoms with Crippen molar-refractivity contribution in [1.29, 1.82) is 0 Å². The van der Waals surface area contributed by atoms with Gasteiger partial charge in [-0.3, -0.25) is 9.59 Å². The number of sulfonamides is 1.